The number of aromatic nitrogens is 3. The molecule has 0 aliphatic carbocycles. The minimum atomic E-state index is -0.132. The maximum Gasteiger partial charge on any atom is 0.234 e. The Kier molecular flexibility index (Phi) is 6.97. The average Bonchev–Trinajstić information content (AvgIpc) is 3.19. The predicted octanol–water partition coefficient (Wildman–Crippen LogP) is 5.72. The van der Waals surface area contributed by atoms with E-state index < -0.39 is 0 Å². The highest BCUT2D eigenvalue weighted by atomic mass is 35.5. The monoisotopic (exact) mass is 466 g/mol. The van der Waals surface area contributed by atoms with Gasteiger partial charge in [0.05, 0.1) is 5.75 Å². The van der Waals surface area contributed by atoms with Crippen molar-refractivity contribution in [1.82, 2.24) is 14.8 Å². The Hall–Kier alpha value is -3.03. The minimum Gasteiger partial charge on any atom is -0.485 e. The smallest absolute Gasteiger partial charge is 0.234 e. The van der Waals surface area contributed by atoms with Crippen molar-refractivity contribution in [2.75, 3.05) is 11.1 Å². The molecule has 3 aromatic carbocycles. The molecule has 32 heavy (non-hydrogen) atoms. The lowest BCUT2D eigenvalue weighted by atomic mass is 10.0. The van der Waals surface area contributed by atoms with Crippen molar-refractivity contribution in [3.05, 3.63) is 77.1 Å². The molecule has 0 radical (unpaired) electrons. The largest absolute Gasteiger partial charge is 0.485 e. The highest BCUT2D eigenvalue weighted by molar-refractivity contribution is 7.99. The van der Waals surface area contributed by atoms with Crippen LogP contribution in [-0.4, -0.2) is 26.4 Å². The molecule has 6 nitrogen and oxygen atoms in total. The van der Waals surface area contributed by atoms with Crippen LogP contribution in [0.2, 0.25) is 5.02 Å². The van der Waals surface area contributed by atoms with Crippen molar-refractivity contribution in [2.45, 2.75) is 32.2 Å². The van der Waals surface area contributed by atoms with Crippen LogP contribution in [0, 0.1) is 6.92 Å². The van der Waals surface area contributed by atoms with Crippen molar-refractivity contribution in [2.24, 2.45) is 0 Å². The molecule has 0 aliphatic rings. The molecular weight excluding hydrogens is 444 g/mol. The second-order valence-corrected chi connectivity index (χ2v) is 8.57. The zero-order valence-electron chi connectivity index (χ0n) is 17.8. The van der Waals surface area contributed by atoms with E-state index in [4.69, 9.17) is 16.3 Å². The number of halogens is 1. The number of benzene rings is 3. The Morgan fingerprint density at radius 1 is 1.12 bits per heavy atom. The molecule has 0 saturated carbocycles. The van der Waals surface area contributed by atoms with E-state index in [-0.39, 0.29) is 11.7 Å². The van der Waals surface area contributed by atoms with Crippen LogP contribution >= 0.6 is 23.4 Å². The maximum absolute atomic E-state index is 12.3. The third-order valence-corrected chi connectivity index (χ3v) is 6.26. The number of amides is 1. The van der Waals surface area contributed by atoms with E-state index in [1.165, 1.54) is 22.5 Å². The van der Waals surface area contributed by atoms with Gasteiger partial charge in [0.2, 0.25) is 5.91 Å². The van der Waals surface area contributed by atoms with Gasteiger partial charge >= 0.3 is 0 Å². The van der Waals surface area contributed by atoms with E-state index in [2.05, 4.69) is 40.6 Å². The van der Waals surface area contributed by atoms with Crippen molar-refractivity contribution in [3.8, 4) is 5.75 Å². The van der Waals surface area contributed by atoms with Crippen LogP contribution < -0.4 is 10.1 Å². The Balaban J connectivity index is 1.40. The van der Waals surface area contributed by atoms with E-state index in [0.29, 0.717) is 29.0 Å². The van der Waals surface area contributed by atoms with E-state index >= 15 is 0 Å². The fraction of sp³-hybridized carbons (Fsp3) is 0.208. The quantitative estimate of drug-likeness (QED) is 0.336. The van der Waals surface area contributed by atoms with Gasteiger partial charge in [0.1, 0.15) is 12.4 Å². The normalized spacial score (nSPS) is 11.0. The number of rotatable bonds is 8. The van der Waals surface area contributed by atoms with Gasteiger partial charge in [-0.3, -0.25) is 4.79 Å². The van der Waals surface area contributed by atoms with E-state index in [0.717, 1.165) is 17.1 Å². The predicted molar refractivity (Wildman–Crippen MR) is 130 cm³/mol. The highest BCUT2D eigenvalue weighted by Crippen LogP contribution is 2.28. The van der Waals surface area contributed by atoms with Crippen LogP contribution in [0.3, 0.4) is 0 Å². The van der Waals surface area contributed by atoms with E-state index in [1.54, 1.807) is 24.3 Å². The summed E-state index contributed by atoms with van der Waals surface area (Å²) in [5, 5.41) is 15.0. The number of nitrogens with one attached hydrogen (secondary N) is 1. The first-order valence-electron chi connectivity index (χ1n) is 10.3. The number of hydrogen-bond donors (Lipinski definition) is 1. The number of anilines is 1. The molecule has 0 saturated heterocycles. The van der Waals surface area contributed by atoms with Crippen molar-refractivity contribution in [1.29, 1.82) is 0 Å². The molecule has 0 fully saturated rings. The summed E-state index contributed by atoms with van der Waals surface area (Å²) in [6.45, 7) is 5.06. The second kappa shape index (κ2) is 10.1. The number of ether oxygens (including phenoxy) is 1. The lowest BCUT2D eigenvalue weighted by Gasteiger charge is -2.12. The molecule has 1 amide bonds. The zero-order valence-corrected chi connectivity index (χ0v) is 19.4. The summed E-state index contributed by atoms with van der Waals surface area (Å²) >= 11 is 7.31. The minimum absolute atomic E-state index is 0.132. The fourth-order valence-corrected chi connectivity index (χ4v) is 4.46. The summed E-state index contributed by atoms with van der Waals surface area (Å²) in [4.78, 5) is 12.3. The number of thioether (sulfide) groups is 1. The van der Waals surface area contributed by atoms with Gasteiger partial charge in [0.25, 0.3) is 0 Å². The highest BCUT2D eigenvalue weighted by Gasteiger charge is 2.15. The van der Waals surface area contributed by atoms with Gasteiger partial charge in [-0.2, -0.15) is 0 Å². The molecule has 1 N–H and O–H groups in total. The third-order valence-electron chi connectivity index (χ3n) is 5.06. The molecule has 8 heteroatoms. The first-order chi connectivity index (χ1) is 15.5. The second-order valence-electron chi connectivity index (χ2n) is 7.19. The Morgan fingerprint density at radius 3 is 2.78 bits per heavy atom. The van der Waals surface area contributed by atoms with Gasteiger partial charge in [0.15, 0.2) is 11.0 Å². The van der Waals surface area contributed by atoms with Gasteiger partial charge in [-0.1, -0.05) is 59.8 Å². The average molecular weight is 467 g/mol. The van der Waals surface area contributed by atoms with Crippen LogP contribution in [-0.2, 0) is 17.9 Å². The number of nitrogens with zero attached hydrogens (tertiary/aromatic N) is 3. The Bertz CT molecular complexity index is 1260. The lowest BCUT2D eigenvalue weighted by Crippen LogP contribution is -2.15. The SMILES string of the molecule is CCn1c(COc2ccc3ccccc3c2C)nnc1SCC(=O)Nc1cccc(Cl)c1. The standard InChI is InChI=1S/C24H23ClN4O2S/c1-3-29-22(14-31-21-12-11-17-7-4-5-10-20(17)16(21)2)27-28-24(29)32-15-23(30)26-19-9-6-8-18(25)13-19/h4-13H,3,14-15H2,1-2H3,(H,26,30). The topological polar surface area (TPSA) is 69.0 Å². The van der Waals surface area contributed by atoms with E-state index in [9.17, 15) is 4.79 Å². The summed E-state index contributed by atoms with van der Waals surface area (Å²) in [5.41, 5.74) is 1.76. The van der Waals surface area contributed by atoms with Gasteiger partial charge in [-0.25, -0.2) is 0 Å². The summed E-state index contributed by atoms with van der Waals surface area (Å²) < 4.78 is 8.04. The van der Waals surface area contributed by atoms with E-state index in [1.807, 2.05) is 29.7 Å². The molecule has 4 aromatic rings. The third kappa shape index (κ3) is 5.06. The number of hydrogen-bond acceptors (Lipinski definition) is 5. The van der Waals surface area contributed by atoms with Gasteiger partial charge < -0.3 is 14.6 Å². The molecule has 1 aromatic heterocycles. The fourth-order valence-electron chi connectivity index (χ4n) is 3.45. The van der Waals surface area contributed by atoms with Gasteiger partial charge in [0, 0.05) is 17.3 Å². The van der Waals surface area contributed by atoms with Crippen molar-refractivity contribution >= 4 is 45.7 Å². The lowest BCUT2D eigenvalue weighted by molar-refractivity contribution is -0.113. The number of carbonyl (C=O) groups excluding carboxylic acids is 1. The first-order valence-corrected chi connectivity index (χ1v) is 11.6. The van der Waals surface area contributed by atoms with Crippen LogP contribution in [0.5, 0.6) is 5.75 Å². The van der Waals surface area contributed by atoms with Crippen LogP contribution in [0.15, 0.2) is 65.8 Å². The van der Waals surface area contributed by atoms with Crippen LogP contribution in [0.25, 0.3) is 10.8 Å². The van der Waals surface area contributed by atoms with Crippen molar-refractivity contribution < 1.29 is 9.53 Å². The van der Waals surface area contributed by atoms with Gasteiger partial charge in [-0.15, -0.1) is 10.2 Å². The van der Waals surface area contributed by atoms with Crippen LogP contribution in [0.4, 0.5) is 5.69 Å². The molecule has 0 aliphatic heterocycles. The Morgan fingerprint density at radius 2 is 1.97 bits per heavy atom. The number of carbonyl (C=O) groups is 1. The molecule has 0 bridgehead atoms. The number of fused-ring (bicyclic) bond motifs is 1. The zero-order chi connectivity index (χ0) is 22.5. The Labute approximate surface area is 195 Å². The van der Waals surface area contributed by atoms with Gasteiger partial charge in [-0.05, 0) is 54.4 Å². The summed E-state index contributed by atoms with van der Waals surface area (Å²) in [5.74, 6) is 1.63. The molecule has 164 valence electrons. The molecule has 0 spiro atoms. The summed E-state index contributed by atoms with van der Waals surface area (Å²) in [7, 11) is 0. The summed E-state index contributed by atoms with van der Waals surface area (Å²) in [6, 6.07) is 19.3. The molecule has 0 unspecified atom stereocenters. The molecule has 0 atom stereocenters. The molecule has 4 rings (SSSR count). The first kappa shape index (κ1) is 22.2. The number of aryl methyl sites for hydroxylation is 1. The van der Waals surface area contributed by atoms with Crippen molar-refractivity contribution in [3.63, 3.8) is 0 Å². The maximum atomic E-state index is 12.3. The molecular formula is C24H23ClN4O2S. The van der Waals surface area contributed by atoms with Crippen LogP contribution in [0.1, 0.15) is 18.3 Å². The summed E-state index contributed by atoms with van der Waals surface area (Å²) in [6.07, 6.45) is 0. The molecule has 1 heterocycles.